The Morgan fingerprint density at radius 3 is 1.60 bits per heavy atom. The van der Waals surface area contributed by atoms with E-state index in [4.69, 9.17) is 4.74 Å². The SMILES string of the molecule is CCCCc1cc(C#N)c2c(c1)S(C)(C)c1cc(CCCC)cc(C#N)c1N2B1c2ccccc2Oc2ccccc21. The van der Waals surface area contributed by atoms with Gasteiger partial charge in [-0.15, -0.1) is 0 Å². The second-order valence-electron chi connectivity index (χ2n) is 11.7. The first kappa shape index (κ1) is 28.0. The Kier molecular flexibility index (Phi) is 7.52. The molecule has 0 amide bonds. The summed E-state index contributed by atoms with van der Waals surface area (Å²) in [5, 5.41) is 21.4. The summed E-state index contributed by atoms with van der Waals surface area (Å²) in [6.07, 6.45) is 10.9. The van der Waals surface area contributed by atoms with Crippen LogP contribution in [0, 0.1) is 22.7 Å². The molecule has 0 atom stereocenters. The summed E-state index contributed by atoms with van der Waals surface area (Å²) >= 11 is 0. The van der Waals surface area contributed by atoms with Crippen LogP contribution in [0.5, 0.6) is 11.5 Å². The molecule has 42 heavy (non-hydrogen) atoms. The monoisotopic (exact) mass is 569 g/mol. The summed E-state index contributed by atoms with van der Waals surface area (Å²) in [6.45, 7) is 4.15. The van der Waals surface area contributed by atoms with E-state index in [9.17, 15) is 10.5 Å². The fraction of sp³-hybridized carbons (Fsp3) is 0.278. The Morgan fingerprint density at radius 2 is 1.17 bits per heavy atom. The smallest absolute Gasteiger partial charge is 0.335 e. The molecule has 4 aromatic rings. The lowest BCUT2D eigenvalue weighted by molar-refractivity contribution is 0.487. The summed E-state index contributed by atoms with van der Waals surface area (Å²) in [7, 11) is -1.56. The van der Waals surface area contributed by atoms with Gasteiger partial charge < -0.3 is 9.55 Å². The van der Waals surface area contributed by atoms with E-state index in [1.165, 1.54) is 20.9 Å². The molecule has 0 radical (unpaired) electrons. The van der Waals surface area contributed by atoms with Crippen LogP contribution in [0.25, 0.3) is 0 Å². The largest absolute Gasteiger partial charge is 0.458 e. The number of ether oxygens (including phenoxy) is 1. The topological polar surface area (TPSA) is 60.0 Å². The number of hydrogen-bond donors (Lipinski definition) is 0. The van der Waals surface area contributed by atoms with Crippen LogP contribution in [0.2, 0.25) is 0 Å². The normalized spacial score (nSPS) is 14.8. The molecule has 0 fully saturated rings. The van der Waals surface area contributed by atoms with Gasteiger partial charge in [-0.2, -0.15) is 20.6 Å². The number of hydrogen-bond acceptors (Lipinski definition) is 4. The van der Waals surface area contributed by atoms with Crippen LogP contribution in [0.3, 0.4) is 0 Å². The van der Waals surface area contributed by atoms with E-state index in [0.717, 1.165) is 72.3 Å². The maximum absolute atomic E-state index is 10.7. The van der Waals surface area contributed by atoms with E-state index in [-0.39, 0.29) is 6.85 Å². The molecule has 4 nitrogen and oxygen atoms in total. The molecule has 6 rings (SSSR count). The number of anilines is 2. The van der Waals surface area contributed by atoms with Crippen LogP contribution in [-0.2, 0) is 12.8 Å². The van der Waals surface area contributed by atoms with E-state index in [0.29, 0.717) is 11.1 Å². The Labute approximate surface area is 252 Å². The third kappa shape index (κ3) is 4.55. The Balaban J connectivity index is 1.72. The van der Waals surface area contributed by atoms with E-state index < -0.39 is 10.0 Å². The molecule has 0 aromatic heterocycles. The molecule has 2 heterocycles. The van der Waals surface area contributed by atoms with Crippen molar-refractivity contribution in [3.63, 3.8) is 0 Å². The number of nitriles is 2. The van der Waals surface area contributed by atoms with Crippen molar-refractivity contribution in [2.45, 2.75) is 62.2 Å². The molecule has 210 valence electrons. The molecule has 0 saturated carbocycles. The molecule has 2 aliphatic heterocycles. The fourth-order valence-corrected chi connectivity index (χ4v) is 8.99. The maximum atomic E-state index is 10.7. The van der Waals surface area contributed by atoms with Crippen LogP contribution in [0.1, 0.15) is 61.8 Å². The van der Waals surface area contributed by atoms with Gasteiger partial charge in [-0.1, -0.05) is 63.1 Å². The predicted molar refractivity (Wildman–Crippen MR) is 176 cm³/mol. The molecule has 2 aliphatic rings. The fourth-order valence-electron chi connectivity index (χ4n) is 6.48. The lowest BCUT2D eigenvalue weighted by Gasteiger charge is -2.49. The molecule has 0 bridgehead atoms. The molecule has 0 unspecified atom stereocenters. The molecule has 0 saturated heterocycles. The first-order valence-electron chi connectivity index (χ1n) is 14.9. The molecular formula is C36H36BN3OS. The number of unbranched alkanes of at least 4 members (excludes halogenated alkanes) is 2. The van der Waals surface area contributed by atoms with Gasteiger partial charge in [0.25, 0.3) is 0 Å². The molecule has 6 heteroatoms. The minimum atomic E-state index is -1.56. The summed E-state index contributed by atoms with van der Waals surface area (Å²) in [6, 6.07) is 30.4. The van der Waals surface area contributed by atoms with Gasteiger partial charge in [0.05, 0.1) is 22.5 Å². The lowest BCUT2D eigenvalue weighted by atomic mass is 9.47. The number of para-hydroxylation sites is 2. The van der Waals surface area contributed by atoms with E-state index in [1.54, 1.807) is 0 Å². The second-order valence-corrected chi connectivity index (χ2v) is 15.2. The molecule has 0 spiro atoms. The van der Waals surface area contributed by atoms with Crippen molar-refractivity contribution >= 4 is 39.2 Å². The standard InChI is InChI=1S/C36H36BN3OS/c1-5-7-13-25-19-27(23-38)35-33(21-25)42(3,4)34-22-26(14-8-6-2)20-28(24-39)36(34)40(35)37-29-15-9-11-17-31(29)41-32-18-12-10-16-30(32)37/h9-12,15-22H,5-8,13-14H2,1-4H3. The van der Waals surface area contributed by atoms with Gasteiger partial charge in [-0.3, -0.25) is 0 Å². The second kappa shape index (κ2) is 11.3. The Morgan fingerprint density at radius 1 is 0.714 bits per heavy atom. The lowest BCUT2D eigenvalue weighted by Crippen LogP contribution is -2.58. The van der Waals surface area contributed by atoms with Gasteiger partial charge in [-0.05, 0) is 96.6 Å². The minimum absolute atomic E-state index is 0.263. The van der Waals surface area contributed by atoms with Gasteiger partial charge in [0.2, 0.25) is 0 Å². The van der Waals surface area contributed by atoms with Crippen LogP contribution in [-0.4, -0.2) is 19.4 Å². The van der Waals surface area contributed by atoms with Gasteiger partial charge in [-0.25, -0.2) is 0 Å². The van der Waals surface area contributed by atoms with Crippen LogP contribution < -0.4 is 20.5 Å². The predicted octanol–water partition coefficient (Wildman–Crippen LogP) is 7.96. The molecule has 0 aliphatic carbocycles. The Bertz CT molecular complexity index is 1640. The van der Waals surface area contributed by atoms with Gasteiger partial charge in [0.15, 0.2) is 0 Å². The van der Waals surface area contributed by atoms with E-state index in [1.807, 2.05) is 36.4 Å². The highest BCUT2D eigenvalue weighted by Gasteiger charge is 2.45. The third-order valence-electron chi connectivity index (χ3n) is 8.64. The van der Waals surface area contributed by atoms with Crippen LogP contribution >= 0.6 is 10.0 Å². The first-order valence-corrected chi connectivity index (χ1v) is 17.4. The van der Waals surface area contributed by atoms with Gasteiger partial charge in [0.1, 0.15) is 23.6 Å². The quantitative estimate of drug-likeness (QED) is 0.212. The number of aryl methyl sites for hydroxylation is 2. The van der Waals surface area contributed by atoms with Crippen molar-refractivity contribution in [3.8, 4) is 23.6 Å². The summed E-state index contributed by atoms with van der Waals surface area (Å²) < 4.78 is 6.40. The zero-order valence-electron chi connectivity index (χ0n) is 24.9. The van der Waals surface area contributed by atoms with Crippen molar-refractivity contribution in [2.24, 2.45) is 0 Å². The number of benzene rings is 4. The third-order valence-corrected chi connectivity index (χ3v) is 11.5. The van der Waals surface area contributed by atoms with Crippen LogP contribution in [0.15, 0.2) is 82.6 Å². The molecule has 4 aromatic carbocycles. The van der Waals surface area contributed by atoms with Crippen molar-refractivity contribution in [1.29, 1.82) is 10.5 Å². The number of rotatable bonds is 7. The highest BCUT2D eigenvalue weighted by Crippen LogP contribution is 2.68. The van der Waals surface area contributed by atoms with Crippen molar-refractivity contribution < 1.29 is 4.74 Å². The van der Waals surface area contributed by atoms with E-state index in [2.05, 4.69) is 79.7 Å². The summed E-state index contributed by atoms with van der Waals surface area (Å²) in [5.41, 5.74) is 7.69. The Hall–Kier alpha value is -4.13. The highest BCUT2D eigenvalue weighted by atomic mass is 32.3. The van der Waals surface area contributed by atoms with Gasteiger partial charge >= 0.3 is 6.85 Å². The average molecular weight is 570 g/mol. The number of nitrogens with zero attached hydrogens (tertiary/aromatic N) is 3. The summed E-state index contributed by atoms with van der Waals surface area (Å²) in [4.78, 5) is 4.75. The summed E-state index contributed by atoms with van der Waals surface area (Å²) in [5.74, 6) is 1.61. The van der Waals surface area contributed by atoms with Gasteiger partial charge in [0, 0.05) is 9.79 Å². The molecular weight excluding hydrogens is 533 g/mol. The number of fused-ring (bicyclic) bond motifs is 4. The zero-order chi connectivity index (χ0) is 29.4. The molecule has 0 N–H and O–H groups in total. The van der Waals surface area contributed by atoms with Crippen molar-refractivity contribution in [2.75, 3.05) is 17.3 Å². The van der Waals surface area contributed by atoms with Crippen molar-refractivity contribution in [1.82, 2.24) is 0 Å². The first-order chi connectivity index (χ1) is 20.4. The van der Waals surface area contributed by atoms with E-state index >= 15 is 0 Å². The van der Waals surface area contributed by atoms with Crippen molar-refractivity contribution in [3.05, 3.63) is 95.1 Å². The van der Waals surface area contributed by atoms with Crippen LogP contribution in [0.4, 0.5) is 11.4 Å². The zero-order valence-corrected chi connectivity index (χ0v) is 25.7. The average Bonchev–Trinajstić information content (AvgIpc) is 3.01. The minimum Gasteiger partial charge on any atom is -0.458 e. The maximum Gasteiger partial charge on any atom is 0.335 e. The highest BCUT2D eigenvalue weighted by molar-refractivity contribution is 8.33.